The summed E-state index contributed by atoms with van der Waals surface area (Å²) in [6.45, 7) is 39.0. The lowest BCUT2D eigenvalue weighted by Crippen LogP contribution is -3.00. The topological polar surface area (TPSA) is 301 Å². The highest BCUT2D eigenvalue weighted by molar-refractivity contribution is 7.85. The van der Waals surface area contributed by atoms with E-state index in [1.54, 1.807) is 54.6 Å². The van der Waals surface area contributed by atoms with E-state index in [0.29, 0.717) is 66.2 Å². The number of nitro benzene ring substituents is 1. The van der Waals surface area contributed by atoms with Crippen LogP contribution in [-0.2, 0) is 10.1 Å². The highest BCUT2D eigenvalue weighted by Gasteiger charge is 2.29. The summed E-state index contributed by atoms with van der Waals surface area (Å²) in [6, 6.07) is 56.8. The van der Waals surface area contributed by atoms with E-state index < -0.39 is 27.0 Å². The van der Waals surface area contributed by atoms with Gasteiger partial charge in [-0.3, -0.25) is 10.1 Å². The normalized spacial score (nSPS) is 13.1. The number of nitrogens with zero attached hydrogens (tertiary/aromatic N) is 8. The number of non-ortho nitro benzene ring substituents is 1. The fraction of sp³-hybridized carbons (Fsp3) is 0.411. The summed E-state index contributed by atoms with van der Waals surface area (Å²) in [7, 11) is -4.55. The fourth-order valence-corrected chi connectivity index (χ4v) is 18.7. The second-order valence-electron chi connectivity index (χ2n) is 36.3. The van der Waals surface area contributed by atoms with Crippen molar-refractivity contribution >= 4 is 88.9 Å². The van der Waals surface area contributed by atoms with Crippen LogP contribution in [0.1, 0.15) is 218 Å². The van der Waals surface area contributed by atoms with E-state index in [4.69, 9.17) is 18.3 Å². The minimum atomic E-state index is -4.55. The average molecular weight is 1900 g/mol. The Morgan fingerprint density at radius 2 is 1.04 bits per heavy atom. The summed E-state index contributed by atoms with van der Waals surface area (Å²) in [5.74, 6) is 2.95. The number of carboxylic acid groups (broad SMARTS) is 2. The first-order chi connectivity index (χ1) is 65.7. The van der Waals surface area contributed by atoms with Gasteiger partial charge in [-0.2, -0.15) is 0 Å². The van der Waals surface area contributed by atoms with Crippen molar-refractivity contribution in [2.75, 3.05) is 93.4 Å². The van der Waals surface area contributed by atoms with E-state index in [1.165, 1.54) is 145 Å². The number of azo groups is 1. The maximum absolute atomic E-state index is 12.6. The van der Waals surface area contributed by atoms with Crippen LogP contribution >= 0.6 is 0 Å². The molecule has 2 saturated carbocycles. The molecule has 0 unspecified atom stereocenters. The van der Waals surface area contributed by atoms with Gasteiger partial charge in [-0.05, 0) is 204 Å². The van der Waals surface area contributed by atoms with Gasteiger partial charge in [-0.15, -0.1) is 23.4 Å². The van der Waals surface area contributed by atoms with Crippen molar-refractivity contribution in [3.8, 4) is 67.9 Å². The zero-order valence-corrected chi connectivity index (χ0v) is 83.1. The molecule has 730 valence electrons. The average Bonchev–Trinajstić information content (AvgIpc) is 0.746. The van der Waals surface area contributed by atoms with E-state index in [-0.39, 0.29) is 51.4 Å². The molecule has 0 saturated heterocycles. The maximum Gasteiger partial charge on any atom is 0.336 e. The number of rotatable bonds is 41. The second-order valence-corrected chi connectivity index (χ2v) is 37.7. The fourth-order valence-electron chi connectivity index (χ4n) is 18.2. The van der Waals surface area contributed by atoms with E-state index in [2.05, 4.69) is 184 Å². The highest BCUT2D eigenvalue weighted by Crippen LogP contribution is 2.46. The number of carboxylic acids is 2. The Morgan fingerprint density at radius 3 is 1.56 bits per heavy atom. The molecule has 0 amide bonds. The molecule has 4 N–H and O–H groups in total. The van der Waals surface area contributed by atoms with Crippen molar-refractivity contribution in [1.82, 2.24) is 9.15 Å². The molecular weight excluding hydrogens is 1760 g/mol. The molecule has 2 heterocycles. The molecule has 25 heteroatoms. The molecule has 0 bridgehead atoms. The molecular formula is C112H139ClN8O15S. The summed E-state index contributed by atoms with van der Waals surface area (Å²) in [6.07, 6.45) is 28.6. The summed E-state index contributed by atoms with van der Waals surface area (Å²) in [5.41, 5.74) is 10.3. The molecule has 14 rings (SSSR count). The van der Waals surface area contributed by atoms with Crippen LogP contribution < -0.4 is 56.4 Å². The molecule has 23 nitrogen and oxygen atoms in total. The number of phenolic OH excluding ortho intramolecular Hbond substituents is 2. The first-order valence-electron chi connectivity index (χ1n) is 49.0. The molecule has 2 fully saturated rings. The molecule has 2 aliphatic heterocycles. The summed E-state index contributed by atoms with van der Waals surface area (Å²) in [4.78, 5) is 41.4. The van der Waals surface area contributed by atoms with Crippen LogP contribution in [0.5, 0.6) is 23.0 Å². The number of hydrogen-bond donors (Lipinski definition) is 4. The van der Waals surface area contributed by atoms with Gasteiger partial charge in [-0.25, -0.2) is 27.2 Å². The van der Waals surface area contributed by atoms with Gasteiger partial charge in [0.05, 0.1) is 46.3 Å². The van der Waals surface area contributed by atoms with Crippen molar-refractivity contribution in [2.24, 2.45) is 33.9 Å². The first-order valence-corrected chi connectivity index (χ1v) is 50.4. The molecule has 0 aromatic heterocycles. The number of aromatic hydroxyl groups is 2. The van der Waals surface area contributed by atoms with Crippen molar-refractivity contribution < 1.29 is 78.6 Å². The number of carbonyl (C=O) groups is 2. The van der Waals surface area contributed by atoms with Crippen LogP contribution in [0.15, 0.2) is 237 Å². The number of aromatic carboxylic acids is 2. The number of fused-ring (bicyclic) bond motifs is 5. The lowest BCUT2D eigenvalue weighted by atomic mass is 9.88. The van der Waals surface area contributed by atoms with Crippen LogP contribution in [0.3, 0.4) is 0 Å². The van der Waals surface area contributed by atoms with E-state index >= 15 is 0 Å². The lowest BCUT2D eigenvalue weighted by molar-refractivity contribution is -0.384. The van der Waals surface area contributed by atoms with E-state index in [0.717, 1.165) is 179 Å². The largest absolute Gasteiger partial charge is 1.00 e. The molecule has 6 aliphatic rings. The Kier molecular flexibility index (Phi) is 41.1. The number of anilines is 3. The number of ether oxygens (including phenoxy) is 2. The monoisotopic (exact) mass is 1900 g/mol. The lowest BCUT2D eigenvalue weighted by Gasteiger charge is -2.32. The van der Waals surface area contributed by atoms with Gasteiger partial charge >= 0.3 is 11.9 Å². The Hall–Kier alpha value is -12.4. The van der Waals surface area contributed by atoms with Crippen molar-refractivity contribution in [3.63, 3.8) is 0 Å². The molecule has 0 radical (unpaired) electrons. The maximum atomic E-state index is 12.6. The SMILES string of the molecule is C=CCN(CC=C)c1ccc(N=Nc2cc([N+](=O)[O-])ccc2O)c(O)c1.CC(C)CCOc1ccc2cc(S(=O)(=O)[O-])cc(OCCC(C)C)c2c1.CCCCCCN(CC1CCCCC1)c1ccc2c(-c3ccccc3C(=O)O)c3ccc(=[N+](CCCCCC)CC4CCCCC4)cc-3oc2c1.CCN(CC)c1ccc2c(-c3ccccc3C(=O)O)c3ccc(=[N+](CC)CC)cc-3oc2c1.[Cl-]. The van der Waals surface area contributed by atoms with Crippen LogP contribution in [0.2, 0.25) is 0 Å². The molecule has 0 spiro atoms. The summed E-state index contributed by atoms with van der Waals surface area (Å²) < 4.78 is 64.2. The molecule has 0 atom stereocenters. The van der Waals surface area contributed by atoms with Crippen molar-refractivity contribution in [3.05, 3.63) is 245 Å². The number of benzene rings is 10. The van der Waals surface area contributed by atoms with Gasteiger partial charge in [0.15, 0.2) is 0 Å². The standard InChI is InChI=1S/C46H62N2O3.C28H30N2O3.C20H28O5S.C18H18N4O4.ClH/c1-3-5-7-17-29-47(33-35-19-11-9-12-20-35)37-25-27-41-43(31-37)51-44-32-38(48(30-18-8-6-4-2)34-36-21-13-10-14-22-36)26-28-42(44)45(41)39-23-15-16-24-40(39)46(49)50;1-5-29(6-2)19-13-15-23-25(17-19)33-26-18-20(30(7-3)8-4)14-16-24(26)27(23)21-11-9-10-12-22(21)28(31)32;1-14(2)7-9-24-17-6-5-16-11-18(26(21,22)23)13-20(19(16)12-17)25-10-8-15(3)4;1-3-9-21(10-4-2)13-5-7-15(18(24)12-13)19-20-16-11-14(22(25)26)6-8-17(16)23;/h15-16,23-28,31-32,35-36H,3-14,17-22,29-30,33-34H2,1-2H3;9-18H,5-8H2,1-4H3;5-6,11-15H,7-10H2,1-4H3,(H,21,22,23);3-8,11-12,23-24H,1-2,9-10H2;1H. The Morgan fingerprint density at radius 1 is 0.526 bits per heavy atom. The number of phenols is 2. The van der Waals surface area contributed by atoms with Crippen LogP contribution in [-0.4, -0.2) is 129 Å². The quantitative estimate of drug-likeness (QED) is 0.00404. The minimum Gasteiger partial charge on any atom is -1.00 e. The van der Waals surface area contributed by atoms with Gasteiger partial charge in [0.2, 0.25) is 10.7 Å². The molecule has 8 aromatic rings. The Bertz CT molecular complexity index is 6270. The third-order valence-corrected chi connectivity index (χ3v) is 26.5. The number of halogens is 1. The molecule has 8 aromatic carbocycles. The smallest absolute Gasteiger partial charge is 0.336 e. The predicted molar refractivity (Wildman–Crippen MR) is 550 cm³/mol. The zero-order chi connectivity index (χ0) is 97.4. The number of nitro groups is 1. The minimum absolute atomic E-state index is 0. The second kappa shape index (κ2) is 52.8. The first kappa shape index (κ1) is 107. The molecule has 137 heavy (non-hydrogen) atoms. The van der Waals surface area contributed by atoms with Gasteiger partial charge in [0.1, 0.15) is 93.4 Å². The van der Waals surface area contributed by atoms with E-state index in [1.807, 2.05) is 41.3 Å². The third kappa shape index (κ3) is 29.3. The van der Waals surface area contributed by atoms with Crippen LogP contribution in [0.4, 0.5) is 34.1 Å². The molecule has 4 aliphatic carbocycles. The zero-order valence-electron chi connectivity index (χ0n) is 81.5. The third-order valence-electron chi connectivity index (χ3n) is 25.7. The highest BCUT2D eigenvalue weighted by atomic mass is 35.5. The summed E-state index contributed by atoms with van der Waals surface area (Å²) in [5, 5.41) is 64.1. The van der Waals surface area contributed by atoms with Crippen molar-refractivity contribution in [2.45, 2.75) is 203 Å². The Balaban J connectivity index is 0.000000197. The number of hydrogen-bond acceptors (Lipinski definition) is 18. The van der Waals surface area contributed by atoms with E-state index in [9.17, 15) is 53.1 Å². The number of unbranched alkanes of at least 4 members (excludes halogenated alkanes) is 6. The Labute approximate surface area is 814 Å². The van der Waals surface area contributed by atoms with Gasteiger partial charge in [0, 0.05) is 150 Å². The van der Waals surface area contributed by atoms with Crippen LogP contribution in [0, 0.1) is 33.8 Å². The van der Waals surface area contributed by atoms with Gasteiger partial charge < -0.3 is 70.4 Å². The van der Waals surface area contributed by atoms with Gasteiger partial charge in [-0.1, -0.05) is 167 Å². The van der Waals surface area contributed by atoms with Gasteiger partial charge in [0.25, 0.3) is 5.69 Å². The van der Waals surface area contributed by atoms with Crippen molar-refractivity contribution in [1.29, 1.82) is 0 Å². The summed E-state index contributed by atoms with van der Waals surface area (Å²) >= 11 is 0. The van der Waals surface area contributed by atoms with Crippen LogP contribution in [0.25, 0.3) is 77.6 Å². The predicted octanol–water partition coefficient (Wildman–Crippen LogP) is 23.6.